The normalized spacial score (nSPS) is 11.6. The Kier molecular flexibility index (Phi) is 5.58. The zero-order valence-electron chi connectivity index (χ0n) is 11.3. The fourth-order valence-electron chi connectivity index (χ4n) is 1.87. The molecule has 0 aliphatic rings. The van der Waals surface area contributed by atoms with E-state index in [9.17, 15) is 0 Å². The van der Waals surface area contributed by atoms with Gasteiger partial charge in [-0.15, -0.1) is 0 Å². The van der Waals surface area contributed by atoms with Crippen LogP contribution in [0.5, 0.6) is 0 Å². The van der Waals surface area contributed by atoms with E-state index < -0.39 is 0 Å². The molecular weight excluding hydrogens is 196 g/mol. The van der Waals surface area contributed by atoms with Crippen molar-refractivity contribution < 1.29 is 4.57 Å². The number of nitrogens with zero attached hydrogens (tertiary/aromatic N) is 2. The van der Waals surface area contributed by atoms with Crippen LogP contribution in [-0.4, -0.2) is 4.57 Å². The first kappa shape index (κ1) is 13.3. The lowest BCUT2D eigenvalue weighted by Gasteiger charge is -2.03. The van der Waals surface area contributed by atoms with Gasteiger partial charge in [-0.1, -0.05) is 26.7 Å². The van der Waals surface area contributed by atoms with Crippen LogP contribution in [-0.2, 0) is 6.54 Å². The molecule has 0 radical (unpaired) electrons. The quantitative estimate of drug-likeness (QED) is 0.493. The van der Waals surface area contributed by atoms with Gasteiger partial charge in [-0.25, -0.2) is 9.13 Å². The van der Waals surface area contributed by atoms with Crippen molar-refractivity contribution in [2.45, 2.75) is 66.0 Å². The molecule has 0 fully saturated rings. The van der Waals surface area contributed by atoms with E-state index in [1.54, 1.807) is 0 Å². The average molecular weight is 223 g/mol. The van der Waals surface area contributed by atoms with E-state index in [1.165, 1.54) is 25.7 Å². The summed E-state index contributed by atoms with van der Waals surface area (Å²) in [5.74, 6) is 0.856. The standard InChI is InChI=1S/C14H27N2/c1-13(2)8-6-5-7-9-15-10-11-16(12-15)14(3)4/h10-14H,5-9H2,1-4H3/q+1. The van der Waals surface area contributed by atoms with Crippen LogP contribution in [0.4, 0.5) is 0 Å². The molecule has 1 heterocycles. The van der Waals surface area contributed by atoms with Crippen molar-refractivity contribution in [3.8, 4) is 0 Å². The zero-order valence-corrected chi connectivity index (χ0v) is 11.3. The summed E-state index contributed by atoms with van der Waals surface area (Å²) in [4.78, 5) is 0. The SMILES string of the molecule is CC(C)CCCCC[n+]1ccn(C(C)C)c1. The molecule has 0 unspecified atom stereocenters. The van der Waals surface area contributed by atoms with E-state index in [4.69, 9.17) is 0 Å². The minimum Gasteiger partial charge on any atom is -0.237 e. The highest BCUT2D eigenvalue weighted by Gasteiger charge is 2.06. The smallest absolute Gasteiger partial charge is 0.237 e. The third kappa shape index (κ3) is 4.82. The Morgan fingerprint density at radius 3 is 2.38 bits per heavy atom. The molecule has 0 aromatic carbocycles. The van der Waals surface area contributed by atoms with Gasteiger partial charge < -0.3 is 0 Å². The second-order valence-corrected chi connectivity index (χ2v) is 5.44. The topological polar surface area (TPSA) is 8.81 Å². The third-order valence-corrected chi connectivity index (χ3v) is 3.01. The van der Waals surface area contributed by atoms with Crippen LogP contribution < -0.4 is 4.57 Å². The summed E-state index contributed by atoms with van der Waals surface area (Å²) < 4.78 is 4.56. The molecule has 2 nitrogen and oxygen atoms in total. The van der Waals surface area contributed by atoms with E-state index in [2.05, 4.69) is 55.6 Å². The molecule has 2 heteroatoms. The first-order valence-corrected chi connectivity index (χ1v) is 6.66. The Morgan fingerprint density at radius 2 is 1.81 bits per heavy atom. The number of hydrogen-bond donors (Lipinski definition) is 0. The van der Waals surface area contributed by atoms with Gasteiger partial charge in [0.25, 0.3) is 0 Å². The second kappa shape index (κ2) is 6.72. The Morgan fingerprint density at radius 1 is 1.06 bits per heavy atom. The van der Waals surface area contributed by atoms with E-state index in [0.29, 0.717) is 6.04 Å². The highest BCUT2D eigenvalue weighted by molar-refractivity contribution is 4.69. The summed E-state index contributed by atoms with van der Waals surface area (Å²) in [5.41, 5.74) is 0. The van der Waals surface area contributed by atoms with Crippen LogP contribution >= 0.6 is 0 Å². The third-order valence-electron chi connectivity index (χ3n) is 3.01. The van der Waals surface area contributed by atoms with E-state index >= 15 is 0 Å². The minimum atomic E-state index is 0.571. The molecule has 0 atom stereocenters. The molecule has 0 saturated heterocycles. The molecule has 0 N–H and O–H groups in total. The van der Waals surface area contributed by atoms with Crippen LogP contribution in [0.15, 0.2) is 18.7 Å². The predicted molar refractivity (Wildman–Crippen MR) is 68.3 cm³/mol. The maximum atomic E-state index is 2.30. The Balaban J connectivity index is 2.17. The van der Waals surface area contributed by atoms with Crippen molar-refractivity contribution in [1.29, 1.82) is 0 Å². The van der Waals surface area contributed by atoms with Crippen LogP contribution in [0.2, 0.25) is 0 Å². The van der Waals surface area contributed by atoms with E-state index in [-0.39, 0.29) is 0 Å². The monoisotopic (exact) mass is 223 g/mol. The molecular formula is C14H27N2+. The highest BCUT2D eigenvalue weighted by atomic mass is 15.1. The highest BCUT2D eigenvalue weighted by Crippen LogP contribution is 2.08. The Bertz CT molecular complexity index is 287. The lowest BCUT2D eigenvalue weighted by Crippen LogP contribution is -2.31. The number of rotatable bonds is 7. The fourth-order valence-corrected chi connectivity index (χ4v) is 1.87. The van der Waals surface area contributed by atoms with Gasteiger partial charge in [-0.2, -0.15) is 0 Å². The summed E-state index contributed by atoms with van der Waals surface area (Å²) in [6.45, 7) is 10.2. The van der Waals surface area contributed by atoms with Crippen molar-refractivity contribution >= 4 is 0 Å². The molecule has 0 amide bonds. The summed E-state index contributed by atoms with van der Waals surface area (Å²) >= 11 is 0. The summed E-state index contributed by atoms with van der Waals surface area (Å²) in [6.07, 6.45) is 12.0. The van der Waals surface area contributed by atoms with Crippen LogP contribution in [0.25, 0.3) is 0 Å². The Hall–Kier alpha value is -0.790. The molecule has 0 aliphatic carbocycles. The maximum Gasteiger partial charge on any atom is 0.243 e. The summed E-state index contributed by atoms with van der Waals surface area (Å²) in [5, 5.41) is 0. The average Bonchev–Trinajstić information content (AvgIpc) is 2.65. The second-order valence-electron chi connectivity index (χ2n) is 5.44. The predicted octanol–water partition coefficient (Wildman–Crippen LogP) is 3.57. The first-order chi connectivity index (χ1) is 7.59. The maximum absolute atomic E-state index is 2.30. The molecule has 0 aliphatic heterocycles. The molecule has 16 heavy (non-hydrogen) atoms. The molecule has 0 spiro atoms. The number of aryl methyl sites for hydroxylation is 1. The van der Waals surface area contributed by atoms with Crippen molar-refractivity contribution in [1.82, 2.24) is 4.57 Å². The van der Waals surface area contributed by atoms with Gasteiger partial charge in [-0.05, 0) is 32.6 Å². The lowest BCUT2D eigenvalue weighted by molar-refractivity contribution is -0.697. The molecule has 0 saturated carbocycles. The first-order valence-electron chi connectivity index (χ1n) is 6.66. The largest absolute Gasteiger partial charge is 0.243 e. The Labute approximate surface area is 100 Å². The van der Waals surface area contributed by atoms with Gasteiger partial charge in [-0.3, -0.25) is 0 Å². The van der Waals surface area contributed by atoms with Gasteiger partial charge in [0.15, 0.2) is 0 Å². The summed E-state index contributed by atoms with van der Waals surface area (Å²) in [6, 6.07) is 0.571. The van der Waals surface area contributed by atoms with Crippen LogP contribution in [0.3, 0.4) is 0 Å². The molecule has 0 bridgehead atoms. The number of imidazole rings is 1. The van der Waals surface area contributed by atoms with E-state index in [0.717, 1.165) is 12.5 Å². The lowest BCUT2D eigenvalue weighted by atomic mass is 10.1. The molecule has 1 aromatic heterocycles. The van der Waals surface area contributed by atoms with Crippen LogP contribution in [0, 0.1) is 5.92 Å². The van der Waals surface area contributed by atoms with Gasteiger partial charge in [0.1, 0.15) is 12.4 Å². The molecule has 1 aromatic rings. The van der Waals surface area contributed by atoms with Gasteiger partial charge >= 0.3 is 0 Å². The van der Waals surface area contributed by atoms with Crippen molar-refractivity contribution in [3.05, 3.63) is 18.7 Å². The van der Waals surface area contributed by atoms with Gasteiger partial charge in [0.2, 0.25) is 6.33 Å². The van der Waals surface area contributed by atoms with Crippen molar-refractivity contribution in [2.75, 3.05) is 0 Å². The van der Waals surface area contributed by atoms with Crippen LogP contribution in [0.1, 0.15) is 59.4 Å². The van der Waals surface area contributed by atoms with Gasteiger partial charge in [0.05, 0.1) is 12.6 Å². The minimum absolute atomic E-state index is 0.571. The van der Waals surface area contributed by atoms with Crippen molar-refractivity contribution in [2.24, 2.45) is 5.92 Å². The van der Waals surface area contributed by atoms with E-state index in [1.807, 2.05) is 0 Å². The fraction of sp³-hybridized carbons (Fsp3) is 0.786. The number of hydrogen-bond acceptors (Lipinski definition) is 0. The van der Waals surface area contributed by atoms with Crippen molar-refractivity contribution in [3.63, 3.8) is 0 Å². The van der Waals surface area contributed by atoms with Gasteiger partial charge in [0, 0.05) is 0 Å². The molecule has 1 rings (SSSR count). The zero-order chi connectivity index (χ0) is 12.0. The number of unbranched alkanes of at least 4 members (excludes halogenated alkanes) is 2. The summed E-state index contributed by atoms with van der Waals surface area (Å²) in [7, 11) is 0. The number of aromatic nitrogens is 2. The molecule has 92 valence electrons.